The van der Waals surface area contributed by atoms with Crippen LogP contribution >= 0.6 is 27.7 Å². The molecule has 0 aliphatic rings. The maximum absolute atomic E-state index is 10.6. The summed E-state index contributed by atoms with van der Waals surface area (Å²) >= 11 is 5.21. The molecule has 5 heteroatoms. The second-order valence-electron chi connectivity index (χ2n) is 5.96. The Bertz CT molecular complexity index is 936. The number of carboxylic acid groups (broad SMARTS) is 1. The van der Waals surface area contributed by atoms with Crippen molar-refractivity contribution in [2.24, 2.45) is 0 Å². The Morgan fingerprint density at radius 2 is 1.57 bits per heavy atom. The Kier molecular flexibility index (Phi) is 7.34. The van der Waals surface area contributed by atoms with Gasteiger partial charge in [0.05, 0.1) is 0 Å². The lowest BCUT2D eigenvalue weighted by molar-refractivity contribution is -0.139. The summed E-state index contributed by atoms with van der Waals surface area (Å²) in [6.07, 6.45) is 2.23. The highest BCUT2D eigenvalue weighted by atomic mass is 79.9. The van der Waals surface area contributed by atoms with E-state index in [0.717, 1.165) is 15.1 Å². The van der Waals surface area contributed by atoms with E-state index in [1.54, 1.807) is 23.9 Å². The van der Waals surface area contributed by atoms with Gasteiger partial charge in [-0.15, -0.1) is 11.8 Å². The fraction of sp³-hybridized carbons (Fsp3) is 0.0870. The van der Waals surface area contributed by atoms with Gasteiger partial charge in [0.1, 0.15) is 5.75 Å². The summed E-state index contributed by atoms with van der Waals surface area (Å²) in [7, 11) is 0. The number of carboxylic acids is 1. The van der Waals surface area contributed by atoms with Crippen molar-refractivity contribution in [3.8, 4) is 5.75 Å². The van der Waals surface area contributed by atoms with E-state index in [1.807, 2.05) is 30.3 Å². The predicted molar refractivity (Wildman–Crippen MR) is 118 cm³/mol. The van der Waals surface area contributed by atoms with Crippen molar-refractivity contribution in [2.45, 2.75) is 4.90 Å². The monoisotopic (exact) mass is 454 g/mol. The lowest BCUT2D eigenvalue weighted by Crippen LogP contribution is -2.09. The third-order valence-electron chi connectivity index (χ3n) is 3.96. The average Bonchev–Trinajstić information content (AvgIpc) is 2.72. The summed E-state index contributed by atoms with van der Waals surface area (Å²) in [6, 6.07) is 26.1. The van der Waals surface area contributed by atoms with Crippen LogP contribution in [0.2, 0.25) is 0 Å². The third kappa shape index (κ3) is 6.01. The molecular formula is C23H19BrO3S. The van der Waals surface area contributed by atoms with Gasteiger partial charge in [-0.2, -0.15) is 0 Å². The Balaban J connectivity index is 1.71. The number of carbonyl (C=O) groups is 1. The predicted octanol–water partition coefficient (Wildman–Crippen LogP) is 6.14. The minimum Gasteiger partial charge on any atom is -0.482 e. The molecule has 0 unspecified atom stereocenters. The first-order valence-electron chi connectivity index (χ1n) is 8.71. The van der Waals surface area contributed by atoms with Crippen molar-refractivity contribution in [1.29, 1.82) is 0 Å². The SMILES string of the molecule is O=C(O)COc1ccc(SCC=C(c2ccccc2)c2ccc(Br)cc2)cc1. The van der Waals surface area contributed by atoms with Crippen LogP contribution in [0.3, 0.4) is 0 Å². The van der Waals surface area contributed by atoms with E-state index in [9.17, 15) is 4.79 Å². The van der Waals surface area contributed by atoms with Crippen LogP contribution in [0.1, 0.15) is 11.1 Å². The molecule has 3 rings (SSSR count). The van der Waals surface area contributed by atoms with Gasteiger partial charge in [0.15, 0.2) is 6.61 Å². The molecule has 0 aliphatic carbocycles. The van der Waals surface area contributed by atoms with E-state index in [1.165, 1.54) is 16.7 Å². The molecule has 28 heavy (non-hydrogen) atoms. The number of benzene rings is 3. The van der Waals surface area contributed by atoms with Crippen molar-refractivity contribution in [2.75, 3.05) is 12.4 Å². The molecule has 0 aliphatic heterocycles. The van der Waals surface area contributed by atoms with Gasteiger partial charge in [-0.3, -0.25) is 0 Å². The zero-order valence-corrected chi connectivity index (χ0v) is 17.4. The first-order valence-corrected chi connectivity index (χ1v) is 10.5. The smallest absolute Gasteiger partial charge is 0.341 e. The standard InChI is InChI=1S/C23H19BrO3S/c24-19-8-6-18(7-9-19)22(17-4-2-1-3-5-17)14-15-28-21-12-10-20(11-13-21)27-16-23(25)26/h1-14H,15-16H2,(H,25,26). The molecule has 0 spiro atoms. The van der Waals surface area contributed by atoms with Crippen molar-refractivity contribution in [3.05, 3.63) is 101 Å². The van der Waals surface area contributed by atoms with Gasteiger partial charge in [-0.05, 0) is 53.1 Å². The second kappa shape index (κ2) is 10.2. The maximum atomic E-state index is 10.6. The Morgan fingerprint density at radius 3 is 2.21 bits per heavy atom. The zero-order valence-electron chi connectivity index (χ0n) is 15.0. The lowest BCUT2D eigenvalue weighted by atomic mass is 9.98. The van der Waals surface area contributed by atoms with Gasteiger partial charge >= 0.3 is 5.97 Å². The molecule has 0 aromatic heterocycles. The van der Waals surface area contributed by atoms with E-state index >= 15 is 0 Å². The Hall–Kier alpha value is -2.50. The average molecular weight is 455 g/mol. The topological polar surface area (TPSA) is 46.5 Å². The summed E-state index contributed by atoms with van der Waals surface area (Å²) < 4.78 is 6.22. The summed E-state index contributed by atoms with van der Waals surface area (Å²) in [5, 5.41) is 8.66. The normalized spacial score (nSPS) is 11.2. The van der Waals surface area contributed by atoms with E-state index in [0.29, 0.717) is 5.75 Å². The highest BCUT2D eigenvalue weighted by Gasteiger charge is 2.05. The van der Waals surface area contributed by atoms with Crippen molar-refractivity contribution < 1.29 is 14.6 Å². The third-order valence-corrected chi connectivity index (χ3v) is 5.43. The van der Waals surface area contributed by atoms with Crippen LogP contribution in [-0.2, 0) is 4.79 Å². The summed E-state index contributed by atoms with van der Waals surface area (Å²) in [6.45, 7) is -0.331. The van der Waals surface area contributed by atoms with Gasteiger partial charge in [0.2, 0.25) is 0 Å². The van der Waals surface area contributed by atoms with Crippen LogP contribution in [0.15, 0.2) is 94.3 Å². The number of thioether (sulfide) groups is 1. The molecule has 3 nitrogen and oxygen atoms in total. The molecular weight excluding hydrogens is 436 g/mol. The van der Waals surface area contributed by atoms with Crippen molar-refractivity contribution in [1.82, 2.24) is 0 Å². The van der Waals surface area contributed by atoms with Crippen LogP contribution < -0.4 is 4.74 Å². The van der Waals surface area contributed by atoms with Gasteiger partial charge in [-0.25, -0.2) is 4.79 Å². The molecule has 3 aromatic rings. The minimum absolute atomic E-state index is 0.331. The molecule has 0 heterocycles. The molecule has 0 saturated carbocycles. The van der Waals surface area contributed by atoms with Crippen LogP contribution in [0.25, 0.3) is 5.57 Å². The van der Waals surface area contributed by atoms with Gasteiger partial charge < -0.3 is 9.84 Å². The molecule has 0 radical (unpaired) electrons. The first kappa shape index (κ1) is 20.2. The molecule has 142 valence electrons. The van der Waals surface area contributed by atoms with E-state index in [2.05, 4.69) is 58.4 Å². The number of hydrogen-bond acceptors (Lipinski definition) is 3. The highest BCUT2D eigenvalue weighted by Crippen LogP contribution is 2.27. The number of ether oxygens (including phenoxy) is 1. The summed E-state index contributed by atoms with van der Waals surface area (Å²) in [5.74, 6) is 0.391. The quantitative estimate of drug-likeness (QED) is 0.415. The fourth-order valence-corrected chi connectivity index (χ4v) is 3.68. The first-order chi connectivity index (χ1) is 13.6. The van der Waals surface area contributed by atoms with Crippen LogP contribution in [0.4, 0.5) is 0 Å². The van der Waals surface area contributed by atoms with Crippen LogP contribution in [-0.4, -0.2) is 23.4 Å². The van der Waals surface area contributed by atoms with E-state index < -0.39 is 5.97 Å². The molecule has 0 atom stereocenters. The molecule has 3 aromatic carbocycles. The molecule has 0 fully saturated rings. The molecule has 0 amide bonds. The summed E-state index contributed by atoms with van der Waals surface area (Å²) in [4.78, 5) is 11.7. The lowest BCUT2D eigenvalue weighted by Gasteiger charge is -2.09. The number of aliphatic carboxylic acids is 1. The van der Waals surface area contributed by atoms with Crippen molar-refractivity contribution >= 4 is 39.2 Å². The number of hydrogen-bond donors (Lipinski definition) is 1. The highest BCUT2D eigenvalue weighted by molar-refractivity contribution is 9.10. The summed E-state index contributed by atoms with van der Waals surface area (Å²) in [5.41, 5.74) is 3.55. The van der Waals surface area contributed by atoms with E-state index in [-0.39, 0.29) is 6.61 Å². The minimum atomic E-state index is -0.982. The molecule has 0 saturated heterocycles. The zero-order chi connectivity index (χ0) is 19.8. The van der Waals surface area contributed by atoms with Crippen LogP contribution in [0, 0.1) is 0 Å². The molecule has 0 bridgehead atoms. The fourth-order valence-electron chi connectivity index (χ4n) is 2.65. The number of halogens is 1. The van der Waals surface area contributed by atoms with Gasteiger partial charge in [0, 0.05) is 15.1 Å². The maximum Gasteiger partial charge on any atom is 0.341 e. The van der Waals surface area contributed by atoms with Crippen LogP contribution in [0.5, 0.6) is 5.75 Å². The van der Waals surface area contributed by atoms with Crippen molar-refractivity contribution in [3.63, 3.8) is 0 Å². The molecule has 1 N–H and O–H groups in total. The second-order valence-corrected chi connectivity index (χ2v) is 7.96. The van der Waals surface area contributed by atoms with Gasteiger partial charge in [-0.1, -0.05) is 64.5 Å². The largest absolute Gasteiger partial charge is 0.482 e. The van der Waals surface area contributed by atoms with E-state index in [4.69, 9.17) is 9.84 Å². The Labute approximate surface area is 177 Å². The van der Waals surface area contributed by atoms with Gasteiger partial charge in [0.25, 0.3) is 0 Å². The number of rotatable bonds is 8. The Morgan fingerprint density at radius 1 is 0.929 bits per heavy atom.